The SMILES string of the molecule is COCc1c(Cl)ccnc1Cl. The van der Waals surface area contributed by atoms with Crippen LogP contribution in [-0.2, 0) is 11.3 Å². The van der Waals surface area contributed by atoms with Gasteiger partial charge in [0.1, 0.15) is 5.15 Å². The molecule has 0 fully saturated rings. The fourth-order valence-corrected chi connectivity index (χ4v) is 1.18. The van der Waals surface area contributed by atoms with Crippen LogP contribution >= 0.6 is 23.2 Å². The molecule has 0 aliphatic carbocycles. The van der Waals surface area contributed by atoms with E-state index in [1.165, 1.54) is 0 Å². The van der Waals surface area contributed by atoms with E-state index in [0.29, 0.717) is 16.8 Å². The van der Waals surface area contributed by atoms with Gasteiger partial charge in [0.2, 0.25) is 0 Å². The maximum absolute atomic E-state index is 5.80. The molecule has 11 heavy (non-hydrogen) atoms. The van der Waals surface area contributed by atoms with Crippen molar-refractivity contribution >= 4 is 23.2 Å². The smallest absolute Gasteiger partial charge is 0.136 e. The van der Waals surface area contributed by atoms with Crippen molar-refractivity contribution in [2.24, 2.45) is 0 Å². The maximum atomic E-state index is 5.80. The average molecular weight is 192 g/mol. The van der Waals surface area contributed by atoms with Gasteiger partial charge in [0.15, 0.2) is 0 Å². The summed E-state index contributed by atoms with van der Waals surface area (Å²) in [4.78, 5) is 3.86. The molecule has 0 saturated carbocycles. The first-order chi connectivity index (χ1) is 5.25. The molecule has 0 aliphatic rings. The lowest BCUT2D eigenvalue weighted by atomic mass is 10.3. The molecule has 0 radical (unpaired) electrons. The normalized spacial score (nSPS) is 10.1. The zero-order valence-corrected chi connectivity index (χ0v) is 7.49. The maximum Gasteiger partial charge on any atom is 0.136 e. The summed E-state index contributed by atoms with van der Waals surface area (Å²) < 4.78 is 4.88. The van der Waals surface area contributed by atoms with Gasteiger partial charge in [0.25, 0.3) is 0 Å². The Morgan fingerprint density at radius 1 is 1.55 bits per heavy atom. The molecule has 60 valence electrons. The predicted octanol–water partition coefficient (Wildman–Crippen LogP) is 2.53. The van der Waals surface area contributed by atoms with Crippen molar-refractivity contribution in [2.45, 2.75) is 6.61 Å². The van der Waals surface area contributed by atoms with Gasteiger partial charge in [-0.2, -0.15) is 0 Å². The number of rotatable bonds is 2. The first-order valence-electron chi connectivity index (χ1n) is 3.03. The molecule has 1 aromatic rings. The molecule has 1 heterocycles. The molecular weight excluding hydrogens is 185 g/mol. The topological polar surface area (TPSA) is 22.1 Å². The summed E-state index contributed by atoms with van der Waals surface area (Å²) >= 11 is 11.5. The van der Waals surface area contributed by atoms with Crippen molar-refractivity contribution in [1.29, 1.82) is 0 Å². The molecule has 0 aliphatic heterocycles. The third kappa shape index (κ3) is 2.06. The van der Waals surface area contributed by atoms with E-state index in [2.05, 4.69) is 4.98 Å². The van der Waals surface area contributed by atoms with Crippen LogP contribution < -0.4 is 0 Å². The Morgan fingerprint density at radius 2 is 2.27 bits per heavy atom. The third-order valence-corrected chi connectivity index (χ3v) is 1.91. The van der Waals surface area contributed by atoms with E-state index < -0.39 is 0 Å². The highest BCUT2D eigenvalue weighted by Gasteiger charge is 2.04. The van der Waals surface area contributed by atoms with E-state index >= 15 is 0 Å². The highest BCUT2D eigenvalue weighted by molar-refractivity contribution is 6.35. The quantitative estimate of drug-likeness (QED) is 0.671. The lowest BCUT2D eigenvalue weighted by Crippen LogP contribution is -1.91. The van der Waals surface area contributed by atoms with Crippen molar-refractivity contribution in [3.05, 3.63) is 28.0 Å². The Kier molecular flexibility index (Phi) is 3.12. The predicted molar refractivity (Wildman–Crippen MR) is 45.0 cm³/mol. The second kappa shape index (κ2) is 3.90. The molecule has 0 spiro atoms. The van der Waals surface area contributed by atoms with Gasteiger partial charge in [-0.25, -0.2) is 4.98 Å². The monoisotopic (exact) mass is 191 g/mol. The number of hydrogen-bond acceptors (Lipinski definition) is 2. The molecule has 1 rings (SSSR count). The third-order valence-electron chi connectivity index (χ3n) is 1.23. The minimum atomic E-state index is 0.394. The van der Waals surface area contributed by atoms with Gasteiger partial charge in [0, 0.05) is 18.9 Å². The minimum Gasteiger partial charge on any atom is -0.380 e. The van der Waals surface area contributed by atoms with Crippen molar-refractivity contribution in [2.75, 3.05) is 7.11 Å². The second-order valence-electron chi connectivity index (χ2n) is 2.00. The summed E-state index contributed by atoms with van der Waals surface area (Å²) in [6, 6.07) is 1.68. The minimum absolute atomic E-state index is 0.394. The molecule has 0 atom stereocenters. The van der Waals surface area contributed by atoms with E-state index in [9.17, 15) is 0 Å². The highest BCUT2D eigenvalue weighted by Crippen LogP contribution is 2.22. The summed E-state index contributed by atoms with van der Waals surface area (Å²) in [5.41, 5.74) is 0.735. The number of ether oxygens (including phenoxy) is 1. The second-order valence-corrected chi connectivity index (χ2v) is 2.76. The molecule has 1 aromatic heterocycles. The van der Waals surface area contributed by atoms with Crippen LogP contribution in [0.5, 0.6) is 0 Å². The number of aromatic nitrogens is 1. The largest absolute Gasteiger partial charge is 0.380 e. The fraction of sp³-hybridized carbons (Fsp3) is 0.286. The lowest BCUT2D eigenvalue weighted by Gasteiger charge is -2.02. The van der Waals surface area contributed by atoms with Gasteiger partial charge < -0.3 is 4.74 Å². The standard InChI is InChI=1S/C7H7Cl2NO/c1-11-4-5-6(8)2-3-10-7(5)9/h2-3H,4H2,1H3. The average Bonchev–Trinajstić information content (AvgIpc) is 1.97. The van der Waals surface area contributed by atoms with Crippen LogP contribution in [0.3, 0.4) is 0 Å². The Labute approximate surface area is 75.1 Å². The van der Waals surface area contributed by atoms with Crippen molar-refractivity contribution in [3.63, 3.8) is 0 Å². The van der Waals surface area contributed by atoms with Crippen molar-refractivity contribution < 1.29 is 4.74 Å². The van der Waals surface area contributed by atoms with Crippen LogP contribution in [-0.4, -0.2) is 12.1 Å². The summed E-state index contributed by atoms with van der Waals surface area (Å²) in [6.07, 6.45) is 1.56. The van der Waals surface area contributed by atoms with Crippen LogP contribution in [0.15, 0.2) is 12.3 Å². The summed E-state index contributed by atoms with van der Waals surface area (Å²) in [6.45, 7) is 0.394. The van der Waals surface area contributed by atoms with Gasteiger partial charge in [-0.1, -0.05) is 23.2 Å². The van der Waals surface area contributed by atoms with Crippen LogP contribution in [0, 0.1) is 0 Å². The van der Waals surface area contributed by atoms with E-state index in [0.717, 1.165) is 5.56 Å². The summed E-state index contributed by atoms with van der Waals surface area (Å²) in [5.74, 6) is 0. The van der Waals surface area contributed by atoms with E-state index in [1.54, 1.807) is 19.4 Å². The van der Waals surface area contributed by atoms with Crippen LogP contribution in [0.2, 0.25) is 10.2 Å². The zero-order chi connectivity index (χ0) is 8.27. The number of nitrogens with zero attached hydrogens (tertiary/aromatic N) is 1. The van der Waals surface area contributed by atoms with Gasteiger partial charge in [-0.05, 0) is 6.07 Å². The first-order valence-corrected chi connectivity index (χ1v) is 3.79. The summed E-state index contributed by atoms with van der Waals surface area (Å²) in [7, 11) is 1.58. The van der Waals surface area contributed by atoms with E-state index in [-0.39, 0.29) is 0 Å². The molecular formula is C7H7Cl2NO. The molecule has 0 unspecified atom stereocenters. The Morgan fingerprint density at radius 3 is 2.82 bits per heavy atom. The van der Waals surface area contributed by atoms with E-state index in [4.69, 9.17) is 27.9 Å². The van der Waals surface area contributed by atoms with Crippen LogP contribution in [0.1, 0.15) is 5.56 Å². The molecule has 0 bridgehead atoms. The molecule has 0 amide bonds. The summed E-state index contributed by atoms with van der Waals surface area (Å²) in [5, 5.41) is 0.992. The van der Waals surface area contributed by atoms with Gasteiger partial charge in [-0.15, -0.1) is 0 Å². The number of pyridine rings is 1. The van der Waals surface area contributed by atoms with E-state index in [1.807, 2.05) is 0 Å². The van der Waals surface area contributed by atoms with Gasteiger partial charge in [0.05, 0.1) is 11.6 Å². The molecule has 0 saturated heterocycles. The first kappa shape index (κ1) is 8.78. The van der Waals surface area contributed by atoms with Crippen molar-refractivity contribution in [1.82, 2.24) is 4.98 Å². The molecule has 0 aromatic carbocycles. The fourth-order valence-electron chi connectivity index (χ4n) is 0.718. The lowest BCUT2D eigenvalue weighted by molar-refractivity contribution is 0.185. The van der Waals surface area contributed by atoms with Gasteiger partial charge >= 0.3 is 0 Å². The molecule has 4 heteroatoms. The van der Waals surface area contributed by atoms with Gasteiger partial charge in [-0.3, -0.25) is 0 Å². The Balaban J connectivity index is 3.00. The number of hydrogen-bond donors (Lipinski definition) is 0. The number of methoxy groups -OCH3 is 1. The zero-order valence-electron chi connectivity index (χ0n) is 5.97. The highest BCUT2D eigenvalue weighted by atomic mass is 35.5. The molecule has 2 nitrogen and oxygen atoms in total. The Bertz CT molecular complexity index is 232. The van der Waals surface area contributed by atoms with Crippen LogP contribution in [0.25, 0.3) is 0 Å². The van der Waals surface area contributed by atoms with Crippen molar-refractivity contribution in [3.8, 4) is 0 Å². The van der Waals surface area contributed by atoms with Crippen LogP contribution in [0.4, 0.5) is 0 Å². The molecule has 0 N–H and O–H groups in total. The Hall–Kier alpha value is -0.310. The number of halogens is 2.